The van der Waals surface area contributed by atoms with Gasteiger partial charge in [0.05, 0.1) is 17.7 Å². The van der Waals surface area contributed by atoms with Gasteiger partial charge in [0.2, 0.25) is 0 Å². The minimum absolute atomic E-state index is 0.0146. The monoisotopic (exact) mass is 432 g/mol. The summed E-state index contributed by atoms with van der Waals surface area (Å²) >= 11 is 0. The Morgan fingerprint density at radius 2 is 1.88 bits per heavy atom. The number of rotatable bonds is 5. The van der Waals surface area contributed by atoms with Crippen molar-refractivity contribution in [1.82, 2.24) is 4.90 Å². The molecule has 1 aliphatic heterocycles. The fourth-order valence-corrected chi connectivity index (χ4v) is 4.88. The van der Waals surface area contributed by atoms with Crippen LogP contribution in [-0.2, 0) is 15.1 Å². The number of carbonyl (C=O) groups excluding carboxylic acids is 1. The van der Waals surface area contributed by atoms with Crippen molar-refractivity contribution in [2.45, 2.75) is 44.2 Å². The Balaban J connectivity index is 1.76. The summed E-state index contributed by atoms with van der Waals surface area (Å²) < 4.78 is 11.6. The maximum atomic E-state index is 13.6. The molecule has 7 nitrogen and oxygen atoms in total. The normalized spacial score (nSPS) is 25.4. The molecule has 1 aliphatic carbocycles. The minimum atomic E-state index is -1.07. The third-order valence-corrected chi connectivity index (χ3v) is 6.68. The molecule has 0 radical (unpaired) electrons. The summed E-state index contributed by atoms with van der Waals surface area (Å²) in [7, 11) is 3.41. The van der Waals surface area contributed by atoms with Gasteiger partial charge < -0.3 is 15.2 Å². The van der Waals surface area contributed by atoms with Crippen molar-refractivity contribution in [3.05, 3.63) is 59.2 Å². The van der Waals surface area contributed by atoms with E-state index in [4.69, 9.17) is 25.5 Å². The molecule has 2 aliphatic rings. The molecule has 1 atom stereocenters. The van der Waals surface area contributed by atoms with Crippen LogP contribution in [0.15, 0.2) is 47.5 Å². The number of hydrogen-bond donors (Lipinski definition) is 1. The number of ether oxygens (including phenoxy) is 2. The van der Waals surface area contributed by atoms with E-state index in [0.29, 0.717) is 17.1 Å². The van der Waals surface area contributed by atoms with Gasteiger partial charge in [0.1, 0.15) is 11.5 Å². The lowest BCUT2D eigenvalue weighted by atomic mass is 9.69. The van der Waals surface area contributed by atoms with Crippen LogP contribution in [0, 0.1) is 24.2 Å². The number of aryl methyl sites for hydroxylation is 1. The van der Waals surface area contributed by atoms with E-state index in [0.717, 1.165) is 36.8 Å². The number of benzene rings is 2. The molecule has 0 aromatic heterocycles. The summed E-state index contributed by atoms with van der Waals surface area (Å²) in [4.78, 5) is 19.9. The summed E-state index contributed by atoms with van der Waals surface area (Å²) in [6, 6.07) is 14.8. The van der Waals surface area contributed by atoms with Gasteiger partial charge in [0.15, 0.2) is 11.5 Å². The zero-order chi connectivity index (χ0) is 22.9. The first kappa shape index (κ1) is 21.8. The highest BCUT2D eigenvalue weighted by molar-refractivity contribution is 6.07. The molecule has 1 unspecified atom stereocenters. The van der Waals surface area contributed by atoms with Crippen molar-refractivity contribution in [2.75, 3.05) is 14.2 Å². The molecule has 2 N–H and O–H groups in total. The van der Waals surface area contributed by atoms with E-state index in [1.54, 1.807) is 38.4 Å². The first-order chi connectivity index (χ1) is 15.4. The van der Waals surface area contributed by atoms with Gasteiger partial charge >= 0.3 is 0 Å². The second-order valence-electron chi connectivity index (χ2n) is 8.53. The predicted octanol–water partition coefficient (Wildman–Crippen LogP) is 3.85. The van der Waals surface area contributed by atoms with Crippen LogP contribution in [0.1, 0.15) is 42.4 Å². The second kappa shape index (κ2) is 8.64. The SMILES string of the molecule is COC1CCC(C2(c3cc(Oc4cccc(C#N)c4)ccc3C)N=C(N)N(C)C2=O)CC1. The zero-order valence-corrected chi connectivity index (χ0v) is 18.7. The lowest BCUT2D eigenvalue weighted by molar-refractivity contribution is -0.133. The standard InChI is InChI=1S/C25H28N4O3/c1-16-7-10-21(32-20-6-4-5-17(13-20)15-26)14-22(16)25(23(30)29(2)24(27)28-25)18-8-11-19(31-3)12-9-18/h4-7,10,13-14,18-19H,8-9,11-12H2,1-3H3,(H2,27,28). The Morgan fingerprint density at radius 1 is 1.16 bits per heavy atom. The van der Waals surface area contributed by atoms with Gasteiger partial charge in [-0.15, -0.1) is 0 Å². The third kappa shape index (κ3) is 3.71. The van der Waals surface area contributed by atoms with Crippen LogP contribution in [0.2, 0.25) is 0 Å². The average molecular weight is 433 g/mol. The lowest BCUT2D eigenvalue weighted by Gasteiger charge is -2.39. The number of amides is 1. The second-order valence-corrected chi connectivity index (χ2v) is 8.53. The number of nitrogens with zero attached hydrogens (tertiary/aromatic N) is 3. The van der Waals surface area contributed by atoms with Crippen LogP contribution in [0.4, 0.5) is 0 Å². The van der Waals surface area contributed by atoms with Crippen molar-refractivity contribution in [3.63, 3.8) is 0 Å². The van der Waals surface area contributed by atoms with Crippen LogP contribution >= 0.6 is 0 Å². The van der Waals surface area contributed by atoms with Gasteiger partial charge in [-0.05, 0) is 80.0 Å². The maximum Gasteiger partial charge on any atom is 0.261 e. The zero-order valence-electron chi connectivity index (χ0n) is 18.7. The van der Waals surface area contributed by atoms with Crippen molar-refractivity contribution in [3.8, 4) is 17.6 Å². The van der Waals surface area contributed by atoms with Crippen molar-refractivity contribution >= 4 is 11.9 Å². The molecule has 0 spiro atoms. The van der Waals surface area contributed by atoms with Crippen molar-refractivity contribution in [1.29, 1.82) is 5.26 Å². The topological polar surface area (TPSA) is 101 Å². The highest BCUT2D eigenvalue weighted by atomic mass is 16.5. The molecule has 32 heavy (non-hydrogen) atoms. The number of aliphatic imine (C=N–C) groups is 1. The number of methoxy groups -OCH3 is 1. The summed E-state index contributed by atoms with van der Waals surface area (Å²) in [6.45, 7) is 1.98. The van der Waals surface area contributed by atoms with Crippen LogP contribution in [0.25, 0.3) is 0 Å². The summed E-state index contributed by atoms with van der Waals surface area (Å²) in [6.07, 6.45) is 3.62. The van der Waals surface area contributed by atoms with E-state index in [2.05, 4.69) is 6.07 Å². The van der Waals surface area contributed by atoms with Crippen molar-refractivity contribution < 1.29 is 14.3 Å². The molecular weight excluding hydrogens is 404 g/mol. The number of nitrogens with two attached hydrogens (primary N) is 1. The number of hydrogen-bond acceptors (Lipinski definition) is 6. The number of carbonyl (C=O) groups is 1. The lowest BCUT2D eigenvalue weighted by Crippen LogP contribution is -2.46. The molecule has 7 heteroatoms. The highest BCUT2D eigenvalue weighted by Gasteiger charge is 2.54. The fourth-order valence-electron chi connectivity index (χ4n) is 4.88. The maximum absolute atomic E-state index is 13.6. The highest BCUT2D eigenvalue weighted by Crippen LogP contribution is 2.48. The first-order valence-corrected chi connectivity index (χ1v) is 10.8. The molecule has 1 heterocycles. The van der Waals surface area contributed by atoms with Crippen LogP contribution in [-0.4, -0.2) is 37.0 Å². The fraction of sp³-hybridized carbons (Fsp3) is 0.400. The molecule has 2 aromatic carbocycles. The molecule has 166 valence electrons. The molecule has 1 amide bonds. The van der Waals surface area contributed by atoms with E-state index in [1.165, 1.54) is 4.90 Å². The molecular formula is C25H28N4O3. The molecule has 0 bridgehead atoms. The van der Waals surface area contributed by atoms with E-state index in [1.807, 2.05) is 25.1 Å². The molecule has 0 saturated heterocycles. The first-order valence-electron chi connectivity index (χ1n) is 10.8. The van der Waals surface area contributed by atoms with Gasteiger partial charge in [0, 0.05) is 14.2 Å². The molecule has 4 rings (SSSR count). The Bertz CT molecular complexity index is 1100. The van der Waals surface area contributed by atoms with E-state index < -0.39 is 5.54 Å². The Kier molecular flexibility index (Phi) is 5.90. The largest absolute Gasteiger partial charge is 0.457 e. The van der Waals surface area contributed by atoms with E-state index >= 15 is 0 Å². The molecule has 1 fully saturated rings. The van der Waals surface area contributed by atoms with Gasteiger partial charge in [-0.3, -0.25) is 9.69 Å². The quantitative estimate of drug-likeness (QED) is 0.773. The van der Waals surface area contributed by atoms with Gasteiger partial charge in [-0.25, -0.2) is 4.99 Å². The predicted molar refractivity (Wildman–Crippen MR) is 121 cm³/mol. The van der Waals surface area contributed by atoms with Crippen LogP contribution < -0.4 is 10.5 Å². The number of nitriles is 1. The summed E-state index contributed by atoms with van der Waals surface area (Å²) in [5.41, 5.74) is 7.37. The third-order valence-electron chi connectivity index (χ3n) is 6.68. The summed E-state index contributed by atoms with van der Waals surface area (Å²) in [5, 5.41) is 9.16. The minimum Gasteiger partial charge on any atom is -0.457 e. The Morgan fingerprint density at radius 3 is 2.50 bits per heavy atom. The Labute approximate surface area is 188 Å². The van der Waals surface area contributed by atoms with Crippen molar-refractivity contribution in [2.24, 2.45) is 16.6 Å². The number of guanidine groups is 1. The van der Waals surface area contributed by atoms with E-state index in [-0.39, 0.29) is 23.9 Å². The van der Waals surface area contributed by atoms with Gasteiger partial charge in [-0.2, -0.15) is 5.26 Å². The molecule has 1 saturated carbocycles. The Hall–Kier alpha value is -3.37. The van der Waals surface area contributed by atoms with Crippen LogP contribution in [0.3, 0.4) is 0 Å². The average Bonchev–Trinajstić information content (AvgIpc) is 3.05. The van der Waals surface area contributed by atoms with Gasteiger partial charge in [0.25, 0.3) is 5.91 Å². The van der Waals surface area contributed by atoms with Crippen LogP contribution in [0.5, 0.6) is 11.5 Å². The smallest absolute Gasteiger partial charge is 0.261 e. The van der Waals surface area contributed by atoms with E-state index in [9.17, 15) is 4.79 Å². The van der Waals surface area contributed by atoms with Gasteiger partial charge in [-0.1, -0.05) is 12.1 Å². The summed E-state index contributed by atoms with van der Waals surface area (Å²) in [5.74, 6) is 1.29. The number of likely N-dealkylation sites (N-methyl/N-ethyl adjacent to an activating group) is 1. The molecule has 2 aromatic rings.